The van der Waals surface area contributed by atoms with Crippen molar-refractivity contribution in [2.24, 2.45) is 0 Å². The van der Waals surface area contributed by atoms with Crippen LogP contribution in [0.2, 0.25) is 0 Å². The normalized spacial score (nSPS) is 13.2. The molecule has 0 radical (unpaired) electrons. The number of anilines is 1. The van der Waals surface area contributed by atoms with Crippen molar-refractivity contribution in [3.8, 4) is 5.75 Å². The first-order valence-corrected chi connectivity index (χ1v) is 17.1. The van der Waals surface area contributed by atoms with Crippen molar-refractivity contribution in [3.63, 3.8) is 0 Å². The molecular weight excluding hydrogens is 662 g/mol. The molecule has 1 aliphatic rings. The third kappa shape index (κ3) is 10.3. The Bertz CT molecular complexity index is 1820. The lowest BCUT2D eigenvalue weighted by molar-refractivity contribution is -0.147. The van der Waals surface area contributed by atoms with E-state index < -0.39 is 35.6 Å². The van der Waals surface area contributed by atoms with Gasteiger partial charge in [0.2, 0.25) is 0 Å². The second-order valence-electron chi connectivity index (χ2n) is 13.2. The summed E-state index contributed by atoms with van der Waals surface area (Å²) in [6, 6.07) is 29.3. The van der Waals surface area contributed by atoms with Gasteiger partial charge in [0.05, 0.1) is 6.61 Å². The smallest absolute Gasteiger partial charge is 0.413 e. The van der Waals surface area contributed by atoms with Gasteiger partial charge in [-0.1, -0.05) is 66.7 Å². The van der Waals surface area contributed by atoms with Crippen LogP contribution in [-0.2, 0) is 30.3 Å². The highest BCUT2D eigenvalue weighted by Gasteiger charge is 2.34. The molecule has 12 nitrogen and oxygen atoms in total. The zero-order valence-corrected chi connectivity index (χ0v) is 29.5. The molecule has 1 aromatic heterocycles. The summed E-state index contributed by atoms with van der Waals surface area (Å²) in [6.07, 6.45) is 1.12. The molecule has 52 heavy (non-hydrogen) atoms. The van der Waals surface area contributed by atoms with Gasteiger partial charge in [-0.2, -0.15) is 0 Å². The lowest BCUT2D eigenvalue weighted by Gasteiger charge is -2.34. The van der Waals surface area contributed by atoms with Gasteiger partial charge in [-0.3, -0.25) is 30.0 Å². The molecule has 270 valence electrons. The van der Waals surface area contributed by atoms with Crippen LogP contribution in [-0.4, -0.2) is 71.4 Å². The van der Waals surface area contributed by atoms with Gasteiger partial charge >= 0.3 is 23.9 Å². The maximum absolute atomic E-state index is 13.3. The van der Waals surface area contributed by atoms with Gasteiger partial charge in [0.1, 0.15) is 23.0 Å². The first-order valence-electron chi connectivity index (χ1n) is 17.1. The number of aryl methyl sites for hydroxylation is 1. The minimum atomic E-state index is -0.707. The lowest BCUT2D eigenvalue weighted by atomic mass is 10.0. The van der Waals surface area contributed by atoms with Crippen molar-refractivity contribution in [1.82, 2.24) is 15.2 Å². The molecule has 0 aliphatic carbocycles. The number of piperazine rings is 1. The van der Waals surface area contributed by atoms with E-state index in [9.17, 15) is 19.2 Å². The number of rotatable bonds is 13. The first kappa shape index (κ1) is 37.2. The highest BCUT2D eigenvalue weighted by molar-refractivity contribution is 6.40. The van der Waals surface area contributed by atoms with Crippen LogP contribution in [0.3, 0.4) is 0 Å². The Hall–Kier alpha value is -6.04. The number of hydrogen-bond donors (Lipinski definition) is 2. The second-order valence-corrected chi connectivity index (χ2v) is 13.2. The van der Waals surface area contributed by atoms with Gasteiger partial charge in [-0.25, -0.2) is 9.78 Å². The van der Waals surface area contributed by atoms with E-state index in [1.165, 1.54) is 9.80 Å². The molecule has 2 heterocycles. The quantitative estimate of drug-likeness (QED) is 0.0579. The Morgan fingerprint density at radius 2 is 1.52 bits per heavy atom. The topological polar surface area (TPSA) is 151 Å². The Morgan fingerprint density at radius 3 is 2.15 bits per heavy atom. The summed E-state index contributed by atoms with van der Waals surface area (Å²) in [6.45, 7) is 6.43. The van der Waals surface area contributed by atoms with Crippen LogP contribution < -0.4 is 15.0 Å². The number of esters is 1. The third-order valence-corrected chi connectivity index (χ3v) is 8.09. The zero-order valence-electron chi connectivity index (χ0n) is 29.5. The number of nitrogens with zero attached hydrogens (tertiary/aromatic N) is 3. The average molecular weight is 706 g/mol. The number of aromatic nitrogens is 1. The van der Waals surface area contributed by atoms with Crippen LogP contribution in [0.1, 0.15) is 62.0 Å². The fourth-order valence-electron chi connectivity index (χ4n) is 5.61. The largest absolute Gasteiger partial charge is 0.494 e. The van der Waals surface area contributed by atoms with Crippen molar-refractivity contribution in [2.45, 2.75) is 51.7 Å². The summed E-state index contributed by atoms with van der Waals surface area (Å²) in [4.78, 5) is 58.8. The predicted octanol–water partition coefficient (Wildman–Crippen LogP) is 5.84. The van der Waals surface area contributed by atoms with E-state index in [0.717, 1.165) is 11.1 Å². The number of carbonyl (C=O) groups excluding carboxylic acids is 4. The lowest BCUT2D eigenvalue weighted by Crippen LogP contribution is -2.55. The number of pyridine rings is 1. The molecule has 0 unspecified atom stereocenters. The number of amides is 3. The third-order valence-electron chi connectivity index (χ3n) is 8.09. The number of ether oxygens (including phenoxy) is 3. The highest BCUT2D eigenvalue weighted by atomic mass is 16.6. The highest BCUT2D eigenvalue weighted by Crippen LogP contribution is 2.27. The molecule has 1 aliphatic heterocycles. The van der Waals surface area contributed by atoms with Gasteiger partial charge in [-0.05, 0) is 80.6 Å². The monoisotopic (exact) mass is 705 g/mol. The molecule has 5 rings (SSSR count). The van der Waals surface area contributed by atoms with E-state index in [1.54, 1.807) is 63.4 Å². The summed E-state index contributed by atoms with van der Waals surface area (Å²) in [5.41, 5.74) is 2.20. The number of amidine groups is 1. The van der Waals surface area contributed by atoms with E-state index >= 15 is 0 Å². The summed E-state index contributed by atoms with van der Waals surface area (Å²) in [5, 5.41) is 10.5. The van der Waals surface area contributed by atoms with Crippen LogP contribution in [0.25, 0.3) is 0 Å². The summed E-state index contributed by atoms with van der Waals surface area (Å²) in [5.74, 6) is -0.885. The van der Waals surface area contributed by atoms with Crippen molar-refractivity contribution >= 4 is 35.5 Å². The van der Waals surface area contributed by atoms with Crippen molar-refractivity contribution in [1.29, 1.82) is 5.41 Å². The summed E-state index contributed by atoms with van der Waals surface area (Å²) in [7, 11) is 0. The van der Waals surface area contributed by atoms with Crippen LogP contribution in [0.4, 0.5) is 10.6 Å². The Kier molecular flexibility index (Phi) is 12.4. The maximum Gasteiger partial charge on any atom is 0.413 e. The molecule has 2 N–H and O–H groups in total. The second kappa shape index (κ2) is 17.3. The molecule has 0 spiro atoms. The standard InChI is InChI=1S/C40H43N5O7/c1-40(2,3)52-39(49)43-35(41)30-17-20-32(21-18-30)50-27-11-24-44-25-26-45(38(48)37(44)47)36-31(16-10-23-42-36)19-22-33(46)51-34(28-12-6-4-7-13-28)29-14-8-5-9-15-29/h4-10,12-18,20-21,23,34H,11,19,22,24-27H2,1-3H3,(H2,41,43,49). The minimum absolute atomic E-state index is 0.0607. The van der Waals surface area contributed by atoms with E-state index in [0.29, 0.717) is 48.8 Å². The Balaban J connectivity index is 1.10. The molecule has 12 heteroatoms. The van der Waals surface area contributed by atoms with Crippen LogP contribution >= 0.6 is 0 Å². The fourth-order valence-corrected chi connectivity index (χ4v) is 5.61. The number of nitrogens with one attached hydrogen (secondary N) is 2. The average Bonchev–Trinajstić information content (AvgIpc) is 3.13. The van der Waals surface area contributed by atoms with Crippen LogP contribution in [0.5, 0.6) is 5.75 Å². The van der Waals surface area contributed by atoms with Crippen molar-refractivity contribution in [3.05, 3.63) is 126 Å². The van der Waals surface area contributed by atoms with Crippen LogP contribution in [0.15, 0.2) is 103 Å². The molecule has 0 atom stereocenters. The number of carbonyl (C=O) groups is 4. The molecule has 0 saturated carbocycles. The molecule has 1 fully saturated rings. The van der Waals surface area contributed by atoms with Gasteiger partial charge in [0.25, 0.3) is 0 Å². The first-order chi connectivity index (χ1) is 25.0. The Labute approximate surface area is 303 Å². The number of benzene rings is 3. The fraction of sp³-hybridized carbons (Fsp3) is 0.300. The predicted molar refractivity (Wildman–Crippen MR) is 195 cm³/mol. The molecule has 4 aromatic rings. The number of alkyl carbamates (subject to hydrolysis) is 1. The molecule has 1 saturated heterocycles. The van der Waals surface area contributed by atoms with Gasteiger partial charge < -0.3 is 19.1 Å². The zero-order chi connectivity index (χ0) is 37.1. The SMILES string of the molecule is CC(C)(C)OC(=O)NC(=N)c1ccc(OCCCN2CCN(c3ncccc3CCC(=O)OC(c3ccccc3)c3ccccc3)C(=O)C2=O)cc1. The van der Waals surface area contributed by atoms with E-state index in [2.05, 4.69) is 10.3 Å². The summed E-state index contributed by atoms with van der Waals surface area (Å²) >= 11 is 0. The Morgan fingerprint density at radius 1 is 0.865 bits per heavy atom. The van der Waals surface area contributed by atoms with Crippen molar-refractivity contribution < 1.29 is 33.4 Å². The molecule has 3 amide bonds. The van der Waals surface area contributed by atoms with Crippen LogP contribution in [0, 0.1) is 5.41 Å². The van der Waals surface area contributed by atoms with E-state index in [4.69, 9.17) is 19.6 Å². The maximum atomic E-state index is 13.3. The molecule has 3 aromatic carbocycles. The summed E-state index contributed by atoms with van der Waals surface area (Å²) < 4.78 is 16.9. The van der Waals surface area contributed by atoms with E-state index in [-0.39, 0.29) is 25.2 Å². The van der Waals surface area contributed by atoms with Gasteiger partial charge in [0.15, 0.2) is 6.10 Å². The van der Waals surface area contributed by atoms with Gasteiger partial charge in [0, 0.05) is 37.8 Å². The number of hydrogen-bond acceptors (Lipinski definition) is 9. The van der Waals surface area contributed by atoms with E-state index in [1.807, 2.05) is 60.7 Å². The molecule has 0 bridgehead atoms. The minimum Gasteiger partial charge on any atom is -0.494 e. The van der Waals surface area contributed by atoms with Gasteiger partial charge in [-0.15, -0.1) is 0 Å². The molecular formula is C40H43N5O7. The van der Waals surface area contributed by atoms with Crippen molar-refractivity contribution in [2.75, 3.05) is 31.1 Å².